The molecule has 1 aliphatic carbocycles. The van der Waals surface area contributed by atoms with Gasteiger partial charge in [-0.15, -0.1) is 0 Å². The van der Waals surface area contributed by atoms with E-state index in [9.17, 15) is 4.79 Å². The van der Waals surface area contributed by atoms with Gasteiger partial charge in [-0.25, -0.2) is 0 Å². The Balaban J connectivity index is 0.000000316. The Kier molecular flexibility index (Phi) is 6.66. The van der Waals surface area contributed by atoms with Crippen LogP contribution in [0.15, 0.2) is 24.3 Å². The summed E-state index contributed by atoms with van der Waals surface area (Å²) in [6.45, 7) is 6.58. The third-order valence-corrected chi connectivity index (χ3v) is 2.73. The van der Waals surface area contributed by atoms with Crippen LogP contribution in [0, 0.1) is 11.8 Å². The Hall–Kier alpha value is -1.22. The number of nitrogen functional groups attached to an aromatic ring is 1. The van der Waals surface area contributed by atoms with Crippen molar-refractivity contribution in [3.05, 3.63) is 24.3 Å². The second-order valence-electron chi connectivity index (χ2n) is 3.98. The molecule has 2 rings (SSSR count). The summed E-state index contributed by atoms with van der Waals surface area (Å²) in [6, 6.07) is 7.37. The van der Waals surface area contributed by atoms with Crippen molar-refractivity contribution in [2.75, 3.05) is 12.3 Å². The maximum atomic E-state index is 10.2. The van der Waals surface area contributed by atoms with Gasteiger partial charge in [-0.2, -0.15) is 0 Å². The van der Waals surface area contributed by atoms with E-state index < -0.39 is 0 Å². The monoisotopic (exact) mass is 256 g/mol. The summed E-state index contributed by atoms with van der Waals surface area (Å²) in [5, 5.41) is 0. The molecular weight excluding hydrogens is 238 g/mol. The van der Waals surface area contributed by atoms with Crippen LogP contribution in [-0.2, 0) is 4.79 Å². The van der Waals surface area contributed by atoms with Crippen molar-refractivity contribution in [1.29, 1.82) is 0 Å². The zero-order valence-corrected chi connectivity index (χ0v) is 11.2. The highest BCUT2D eigenvalue weighted by Crippen LogP contribution is 2.31. The minimum atomic E-state index is 0. The number of carbonyl (C=O) groups excluding carboxylic acids is 1. The summed E-state index contributed by atoms with van der Waals surface area (Å²) in [5.41, 5.74) is 6.23. The van der Waals surface area contributed by atoms with Crippen molar-refractivity contribution in [3.63, 3.8) is 0 Å². The fraction of sp³-hybridized carbons (Fsp3) is 0.462. The van der Waals surface area contributed by atoms with Crippen LogP contribution in [0.1, 0.15) is 20.8 Å². The predicted molar refractivity (Wildman–Crippen MR) is 65.4 cm³/mol. The molecule has 0 radical (unpaired) electrons. The molecule has 0 amide bonds. The number of nitrogens with two attached hydrogens (primary N) is 1. The Morgan fingerprint density at radius 2 is 1.59 bits per heavy atom. The molecule has 0 aliphatic heterocycles. The summed E-state index contributed by atoms with van der Waals surface area (Å²) in [4.78, 5) is 10.2. The lowest BCUT2D eigenvalue weighted by atomic mass is 10.3. The minimum Gasteiger partial charge on any atom is -1.00 e. The van der Waals surface area contributed by atoms with E-state index in [2.05, 4.69) is 0 Å². The number of benzene rings is 1. The van der Waals surface area contributed by atoms with Crippen LogP contribution in [0.4, 0.5) is 5.69 Å². The van der Waals surface area contributed by atoms with E-state index in [4.69, 9.17) is 10.5 Å². The number of Topliss-reactive ketones (excluding diaryl/α,β-unsaturated/α-hetero) is 1. The summed E-state index contributed by atoms with van der Waals surface area (Å²) in [7, 11) is 0. The molecule has 3 nitrogen and oxygen atoms in total. The summed E-state index contributed by atoms with van der Waals surface area (Å²) in [5.74, 6) is 2.06. The first-order chi connectivity index (χ1) is 7.56. The standard InChI is InChI=1S/C8H11NO.C5H8O.ClH/c1-2-10-8-5-3-7(9)4-6-8;1-3-4(2)5(3)6;/h3-6H,2,9H2,1H3;3-4H,1-2H3;1H/p-1. The van der Waals surface area contributed by atoms with Crippen LogP contribution in [0.3, 0.4) is 0 Å². The smallest absolute Gasteiger partial charge is 0.139 e. The number of hydrogen-bond donors (Lipinski definition) is 1. The van der Waals surface area contributed by atoms with Gasteiger partial charge in [0.05, 0.1) is 6.61 Å². The molecule has 1 fully saturated rings. The maximum absolute atomic E-state index is 10.2. The first-order valence-electron chi connectivity index (χ1n) is 5.58. The van der Waals surface area contributed by atoms with Gasteiger partial charge in [-0.3, -0.25) is 4.79 Å². The van der Waals surface area contributed by atoms with Crippen molar-refractivity contribution in [1.82, 2.24) is 0 Å². The van der Waals surface area contributed by atoms with Crippen molar-refractivity contribution in [2.24, 2.45) is 11.8 Å². The van der Waals surface area contributed by atoms with Crippen LogP contribution in [0.25, 0.3) is 0 Å². The zero-order chi connectivity index (χ0) is 12.1. The number of halogens is 1. The molecule has 1 aliphatic rings. The zero-order valence-electron chi connectivity index (χ0n) is 10.4. The molecule has 0 bridgehead atoms. The van der Waals surface area contributed by atoms with Crippen LogP contribution in [-0.4, -0.2) is 12.4 Å². The first-order valence-corrected chi connectivity index (χ1v) is 5.58. The van der Waals surface area contributed by atoms with E-state index in [-0.39, 0.29) is 12.4 Å². The Labute approximate surface area is 109 Å². The highest BCUT2D eigenvalue weighted by atomic mass is 35.5. The van der Waals surface area contributed by atoms with E-state index in [1.54, 1.807) is 0 Å². The molecule has 0 heterocycles. The number of ether oxygens (including phenoxy) is 1. The number of ketones is 1. The molecular formula is C13H19ClNO2-. The minimum absolute atomic E-state index is 0. The van der Waals surface area contributed by atoms with Crippen LogP contribution >= 0.6 is 0 Å². The third-order valence-electron chi connectivity index (χ3n) is 2.73. The second-order valence-corrected chi connectivity index (χ2v) is 3.98. The number of hydrogen-bond acceptors (Lipinski definition) is 3. The van der Waals surface area contributed by atoms with Crippen LogP contribution in [0.5, 0.6) is 5.75 Å². The van der Waals surface area contributed by atoms with Gasteiger partial charge >= 0.3 is 0 Å². The lowest BCUT2D eigenvalue weighted by molar-refractivity contribution is -0.111. The van der Waals surface area contributed by atoms with E-state index in [0.717, 1.165) is 11.4 Å². The summed E-state index contributed by atoms with van der Waals surface area (Å²) >= 11 is 0. The fourth-order valence-electron chi connectivity index (χ4n) is 1.26. The largest absolute Gasteiger partial charge is 1.00 e. The average molecular weight is 257 g/mol. The van der Waals surface area contributed by atoms with Gasteiger partial charge in [-0.1, -0.05) is 13.8 Å². The first kappa shape index (κ1) is 15.8. The lowest BCUT2D eigenvalue weighted by Gasteiger charge is -2.01. The van der Waals surface area contributed by atoms with Gasteiger partial charge in [0.25, 0.3) is 0 Å². The predicted octanol–water partition coefficient (Wildman–Crippen LogP) is -0.487. The lowest BCUT2D eigenvalue weighted by Crippen LogP contribution is -3.00. The van der Waals surface area contributed by atoms with Crippen LogP contribution < -0.4 is 22.9 Å². The Morgan fingerprint density at radius 1 is 1.18 bits per heavy atom. The number of anilines is 1. The maximum Gasteiger partial charge on any atom is 0.139 e. The van der Waals surface area contributed by atoms with E-state index >= 15 is 0 Å². The molecule has 17 heavy (non-hydrogen) atoms. The Bertz CT molecular complexity index is 341. The normalized spacial score (nSPS) is 20.8. The van der Waals surface area contributed by atoms with Crippen molar-refractivity contribution < 1.29 is 21.9 Å². The Morgan fingerprint density at radius 3 is 1.88 bits per heavy atom. The fourth-order valence-corrected chi connectivity index (χ4v) is 1.26. The van der Waals surface area contributed by atoms with Gasteiger partial charge in [0, 0.05) is 17.5 Å². The van der Waals surface area contributed by atoms with E-state index in [1.807, 2.05) is 45.0 Å². The molecule has 96 valence electrons. The van der Waals surface area contributed by atoms with Gasteiger partial charge in [-0.05, 0) is 31.2 Å². The molecule has 0 saturated heterocycles. The van der Waals surface area contributed by atoms with E-state index in [0.29, 0.717) is 24.2 Å². The summed E-state index contributed by atoms with van der Waals surface area (Å²) in [6.07, 6.45) is 0. The van der Waals surface area contributed by atoms with Crippen LogP contribution in [0.2, 0.25) is 0 Å². The molecule has 2 atom stereocenters. The second kappa shape index (κ2) is 7.17. The topological polar surface area (TPSA) is 52.3 Å². The highest BCUT2D eigenvalue weighted by Gasteiger charge is 2.40. The van der Waals surface area contributed by atoms with Crippen molar-refractivity contribution in [2.45, 2.75) is 20.8 Å². The average Bonchev–Trinajstić information content (AvgIpc) is 2.80. The number of carbonyl (C=O) groups is 1. The van der Waals surface area contributed by atoms with Crippen molar-refractivity contribution in [3.8, 4) is 5.75 Å². The third kappa shape index (κ3) is 5.09. The van der Waals surface area contributed by atoms with Gasteiger partial charge in [0.1, 0.15) is 11.5 Å². The molecule has 2 N–H and O–H groups in total. The quantitative estimate of drug-likeness (QED) is 0.727. The van der Waals surface area contributed by atoms with Crippen molar-refractivity contribution >= 4 is 11.5 Å². The molecule has 1 saturated carbocycles. The molecule has 2 unspecified atom stereocenters. The SMILES string of the molecule is CC1C(=O)C1C.CCOc1ccc(N)cc1.[Cl-]. The van der Waals surface area contributed by atoms with Gasteiger partial charge in [0.15, 0.2) is 0 Å². The van der Waals surface area contributed by atoms with Gasteiger partial charge in [0.2, 0.25) is 0 Å². The molecule has 1 aromatic carbocycles. The highest BCUT2D eigenvalue weighted by molar-refractivity contribution is 5.98. The molecule has 4 heteroatoms. The molecule has 0 aromatic heterocycles. The number of rotatable bonds is 2. The molecule has 0 spiro atoms. The van der Waals surface area contributed by atoms with E-state index in [1.165, 1.54) is 0 Å². The summed E-state index contributed by atoms with van der Waals surface area (Å²) < 4.78 is 5.21. The van der Waals surface area contributed by atoms with Gasteiger partial charge < -0.3 is 22.9 Å². The molecule has 1 aromatic rings.